The van der Waals surface area contributed by atoms with Crippen molar-refractivity contribution in [2.24, 2.45) is 0 Å². The lowest BCUT2D eigenvalue weighted by Gasteiger charge is -2.29. The molecule has 1 aromatic carbocycles. The van der Waals surface area contributed by atoms with Crippen molar-refractivity contribution in [3.8, 4) is 5.69 Å². The van der Waals surface area contributed by atoms with Gasteiger partial charge in [-0.15, -0.1) is 0 Å². The van der Waals surface area contributed by atoms with Gasteiger partial charge in [0.25, 0.3) is 5.91 Å². The summed E-state index contributed by atoms with van der Waals surface area (Å²) in [6.07, 6.45) is 6.76. The Hall–Kier alpha value is -3.71. The van der Waals surface area contributed by atoms with Gasteiger partial charge < -0.3 is 5.32 Å². The summed E-state index contributed by atoms with van der Waals surface area (Å²) in [6, 6.07) is 6.38. The second-order valence-electron chi connectivity index (χ2n) is 8.30. The smallest absolute Gasteiger partial charge is 0.262 e. The fourth-order valence-electron chi connectivity index (χ4n) is 4.18. The molecule has 10 nitrogen and oxygen atoms in total. The van der Waals surface area contributed by atoms with Gasteiger partial charge in [0, 0.05) is 43.5 Å². The number of carbonyl (C=O) groups excluding carboxylic acids is 1. The summed E-state index contributed by atoms with van der Waals surface area (Å²) in [7, 11) is -3.29. The second kappa shape index (κ2) is 8.82. The van der Waals surface area contributed by atoms with Gasteiger partial charge in [-0.3, -0.25) is 4.79 Å². The number of sulfonamides is 1. The standard InChI is InChI=1S/C22H21F2N7O3S/c1-35(33,34)29-9-5-14(6-10-29)18-12-20(31(28-18)19-4-3-15(23)11-17(19)24)27-22(32)16-13-26-30-8-2-7-25-21(16)30/h2-4,7-8,11-14H,5-6,9-10H2,1H3,(H,27,32). The average Bonchev–Trinajstić information content (AvgIpc) is 3.43. The lowest BCUT2D eigenvalue weighted by atomic mass is 9.95. The van der Waals surface area contributed by atoms with Crippen LogP contribution in [0, 0.1) is 11.6 Å². The molecule has 4 heterocycles. The van der Waals surface area contributed by atoms with Crippen molar-refractivity contribution < 1.29 is 22.0 Å². The zero-order valence-corrected chi connectivity index (χ0v) is 19.4. The lowest BCUT2D eigenvalue weighted by molar-refractivity contribution is 0.102. The Morgan fingerprint density at radius 1 is 1.17 bits per heavy atom. The van der Waals surface area contributed by atoms with E-state index < -0.39 is 27.6 Å². The number of piperidine rings is 1. The highest BCUT2D eigenvalue weighted by atomic mass is 32.2. The van der Waals surface area contributed by atoms with Crippen LogP contribution in [-0.4, -0.2) is 62.4 Å². The molecule has 1 fully saturated rings. The molecule has 0 radical (unpaired) electrons. The van der Waals surface area contributed by atoms with Crippen LogP contribution < -0.4 is 5.32 Å². The van der Waals surface area contributed by atoms with Crippen LogP contribution in [0.2, 0.25) is 0 Å². The molecule has 0 spiro atoms. The molecule has 1 N–H and O–H groups in total. The first kappa shape index (κ1) is 23.1. The number of nitrogens with zero attached hydrogens (tertiary/aromatic N) is 6. The number of fused-ring (bicyclic) bond motifs is 1. The third kappa shape index (κ3) is 4.51. The Bertz CT molecular complexity index is 1530. The molecule has 13 heteroatoms. The average molecular weight is 502 g/mol. The number of aromatic nitrogens is 5. The van der Waals surface area contributed by atoms with Crippen LogP contribution in [0.15, 0.2) is 48.9 Å². The highest BCUT2D eigenvalue weighted by Gasteiger charge is 2.29. The molecule has 0 bridgehead atoms. The molecule has 5 rings (SSSR count). The van der Waals surface area contributed by atoms with E-state index in [1.165, 1.54) is 38.2 Å². The molecule has 0 atom stereocenters. The molecule has 0 aliphatic carbocycles. The molecule has 1 saturated heterocycles. The van der Waals surface area contributed by atoms with E-state index in [0.29, 0.717) is 37.3 Å². The van der Waals surface area contributed by atoms with Gasteiger partial charge in [0.15, 0.2) is 11.5 Å². The van der Waals surface area contributed by atoms with Gasteiger partial charge >= 0.3 is 0 Å². The third-order valence-corrected chi connectivity index (χ3v) is 7.28. The van der Waals surface area contributed by atoms with E-state index in [9.17, 15) is 22.0 Å². The predicted molar refractivity (Wildman–Crippen MR) is 123 cm³/mol. The lowest BCUT2D eigenvalue weighted by Crippen LogP contribution is -2.37. The van der Waals surface area contributed by atoms with Crippen LogP contribution in [0.25, 0.3) is 11.3 Å². The molecule has 3 aromatic heterocycles. The van der Waals surface area contributed by atoms with Gasteiger partial charge in [-0.05, 0) is 31.0 Å². The zero-order valence-electron chi connectivity index (χ0n) is 18.6. The topological polar surface area (TPSA) is 114 Å². The van der Waals surface area contributed by atoms with Crippen molar-refractivity contribution in [2.75, 3.05) is 24.7 Å². The number of rotatable bonds is 5. The van der Waals surface area contributed by atoms with Gasteiger partial charge in [-0.25, -0.2) is 35.7 Å². The van der Waals surface area contributed by atoms with E-state index in [-0.39, 0.29) is 23.0 Å². The van der Waals surface area contributed by atoms with Crippen molar-refractivity contribution in [3.63, 3.8) is 0 Å². The van der Waals surface area contributed by atoms with Crippen LogP contribution in [0.5, 0.6) is 0 Å². The summed E-state index contributed by atoms with van der Waals surface area (Å²) in [5.41, 5.74) is 1.08. The quantitative estimate of drug-likeness (QED) is 0.450. The zero-order chi connectivity index (χ0) is 24.7. The summed E-state index contributed by atoms with van der Waals surface area (Å²) in [5.74, 6) is -2.04. The van der Waals surface area contributed by atoms with Crippen LogP contribution in [0.1, 0.15) is 34.8 Å². The first-order chi connectivity index (χ1) is 16.7. The minimum atomic E-state index is -3.29. The first-order valence-corrected chi connectivity index (χ1v) is 12.7. The van der Waals surface area contributed by atoms with Crippen molar-refractivity contribution in [2.45, 2.75) is 18.8 Å². The summed E-state index contributed by atoms with van der Waals surface area (Å²) in [6.45, 7) is 0.661. The van der Waals surface area contributed by atoms with Crippen LogP contribution in [-0.2, 0) is 10.0 Å². The summed E-state index contributed by atoms with van der Waals surface area (Å²) in [4.78, 5) is 17.3. The number of carbonyl (C=O) groups is 1. The van der Waals surface area contributed by atoms with E-state index in [1.54, 1.807) is 18.3 Å². The largest absolute Gasteiger partial charge is 0.306 e. The molecule has 1 aliphatic rings. The normalized spacial score (nSPS) is 15.5. The van der Waals surface area contributed by atoms with Crippen molar-refractivity contribution in [3.05, 3.63) is 71.8 Å². The maximum absolute atomic E-state index is 14.7. The number of amides is 1. The Morgan fingerprint density at radius 2 is 1.94 bits per heavy atom. The fraction of sp³-hybridized carbons (Fsp3) is 0.273. The van der Waals surface area contributed by atoms with Gasteiger partial charge in [-0.1, -0.05) is 0 Å². The maximum atomic E-state index is 14.7. The molecular formula is C22H21F2N7O3S. The molecule has 1 aliphatic heterocycles. The molecule has 0 unspecified atom stereocenters. The minimum Gasteiger partial charge on any atom is -0.306 e. The Morgan fingerprint density at radius 3 is 2.66 bits per heavy atom. The van der Waals surface area contributed by atoms with Crippen molar-refractivity contribution >= 4 is 27.4 Å². The molecule has 1 amide bonds. The second-order valence-corrected chi connectivity index (χ2v) is 10.3. The van der Waals surface area contributed by atoms with E-state index in [1.807, 2.05) is 0 Å². The third-order valence-electron chi connectivity index (χ3n) is 5.97. The van der Waals surface area contributed by atoms with Gasteiger partial charge in [-0.2, -0.15) is 10.2 Å². The Kier molecular flexibility index (Phi) is 5.81. The molecule has 0 saturated carbocycles. The number of hydrogen-bond donors (Lipinski definition) is 1. The predicted octanol–water partition coefficient (Wildman–Crippen LogP) is 2.58. The molecule has 4 aromatic rings. The van der Waals surface area contributed by atoms with Gasteiger partial charge in [0.2, 0.25) is 10.0 Å². The van der Waals surface area contributed by atoms with Crippen molar-refractivity contribution in [1.29, 1.82) is 0 Å². The number of nitrogens with one attached hydrogen (secondary N) is 1. The fourth-order valence-corrected chi connectivity index (χ4v) is 5.05. The Labute approximate surface area is 199 Å². The Balaban J connectivity index is 1.49. The van der Waals surface area contributed by atoms with Gasteiger partial charge in [0.05, 0.1) is 18.1 Å². The SMILES string of the molecule is CS(=O)(=O)N1CCC(c2cc(NC(=O)c3cnn4cccnc34)n(-c3ccc(F)cc3F)n2)CC1. The number of halogens is 2. The number of hydrogen-bond acceptors (Lipinski definition) is 6. The summed E-state index contributed by atoms with van der Waals surface area (Å²) in [5, 5.41) is 11.4. The molecule has 35 heavy (non-hydrogen) atoms. The van der Waals surface area contributed by atoms with E-state index in [4.69, 9.17) is 0 Å². The first-order valence-electron chi connectivity index (χ1n) is 10.8. The van der Waals surface area contributed by atoms with Crippen LogP contribution in [0.4, 0.5) is 14.6 Å². The number of benzene rings is 1. The molecular weight excluding hydrogens is 480 g/mol. The highest BCUT2D eigenvalue weighted by molar-refractivity contribution is 7.88. The van der Waals surface area contributed by atoms with Crippen LogP contribution in [0.3, 0.4) is 0 Å². The van der Waals surface area contributed by atoms with E-state index in [2.05, 4.69) is 20.5 Å². The van der Waals surface area contributed by atoms with E-state index >= 15 is 0 Å². The van der Waals surface area contributed by atoms with Crippen molar-refractivity contribution in [1.82, 2.24) is 28.7 Å². The molecule has 182 valence electrons. The maximum Gasteiger partial charge on any atom is 0.262 e. The minimum absolute atomic E-state index is 0.0421. The van der Waals surface area contributed by atoms with Gasteiger partial charge in [0.1, 0.15) is 22.9 Å². The monoisotopic (exact) mass is 501 g/mol. The summed E-state index contributed by atoms with van der Waals surface area (Å²) >= 11 is 0. The van der Waals surface area contributed by atoms with E-state index in [0.717, 1.165) is 12.1 Å². The summed E-state index contributed by atoms with van der Waals surface area (Å²) < 4.78 is 55.9. The highest BCUT2D eigenvalue weighted by Crippen LogP contribution is 2.31. The van der Waals surface area contributed by atoms with Crippen LogP contribution >= 0.6 is 0 Å². The number of anilines is 1.